The van der Waals surface area contributed by atoms with Crippen molar-refractivity contribution in [2.75, 3.05) is 13.2 Å². The van der Waals surface area contributed by atoms with E-state index in [9.17, 15) is 4.57 Å². The number of benzene rings is 1. The summed E-state index contributed by atoms with van der Waals surface area (Å²) in [6.45, 7) is 3.85. The number of thioether (sulfide) groups is 1. The summed E-state index contributed by atoms with van der Waals surface area (Å²) in [5.74, 6) is 0.564. The molecule has 0 saturated carbocycles. The van der Waals surface area contributed by atoms with E-state index in [0.717, 1.165) is 5.56 Å². The van der Waals surface area contributed by atoms with E-state index in [1.54, 1.807) is 13.8 Å². The van der Waals surface area contributed by atoms with Crippen molar-refractivity contribution in [1.82, 2.24) is 0 Å². The van der Waals surface area contributed by atoms with E-state index in [2.05, 4.69) is 0 Å². The number of hydrogen-bond acceptors (Lipinski definition) is 7. The Bertz CT molecular complexity index is 442. The molecule has 1 aromatic rings. The average Bonchev–Trinajstić information content (AvgIpc) is 2.49. The minimum absolute atomic E-state index is 0.0725. The van der Waals surface area contributed by atoms with Crippen molar-refractivity contribution >= 4 is 35.5 Å². The van der Waals surface area contributed by atoms with Crippen molar-refractivity contribution in [3.63, 3.8) is 0 Å². The van der Waals surface area contributed by atoms with Crippen LogP contribution in [0.25, 0.3) is 0 Å². The van der Waals surface area contributed by atoms with Gasteiger partial charge in [0.2, 0.25) is 0 Å². The van der Waals surface area contributed by atoms with Gasteiger partial charge in [0.1, 0.15) is 0 Å². The highest BCUT2D eigenvalue weighted by molar-refractivity contribution is 8.35. The molecule has 0 aliphatic carbocycles. The second kappa shape index (κ2) is 9.63. The van der Waals surface area contributed by atoms with Crippen LogP contribution in [0.4, 0.5) is 0 Å². The zero-order valence-electron chi connectivity index (χ0n) is 11.3. The van der Waals surface area contributed by atoms with Gasteiger partial charge in [0, 0.05) is 5.75 Å². The van der Waals surface area contributed by atoms with Crippen molar-refractivity contribution in [2.24, 2.45) is 0 Å². The van der Waals surface area contributed by atoms with E-state index in [-0.39, 0.29) is 17.2 Å². The third kappa shape index (κ3) is 6.01. The monoisotopic (exact) mass is 336 g/mol. The first-order chi connectivity index (χ1) is 9.62. The zero-order valence-corrected chi connectivity index (χ0v) is 13.8. The van der Waals surface area contributed by atoms with Crippen LogP contribution in [-0.2, 0) is 29.4 Å². The van der Waals surface area contributed by atoms with E-state index in [0.29, 0.717) is 5.75 Å². The summed E-state index contributed by atoms with van der Waals surface area (Å²) in [6, 6.07) is 9.67. The van der Waals surface area contributed by atoms with Gasteiger partial charge in [-0.2, -0.15) is 0 Å². The molecule has 0 N–H and O–H groups in total. The van der Waals surface area contributed by atoms with Gasteiger partial charge in [0.05, 0.1) is 13.2 Å². The predicted octanol–water partition coefficient (Wildman–Crippen LogP) is 4.33. The Morgan fingerprint density at radius 1 is 1.15 bits per heavy atom. The third-order valence-electron chi connectivity index (χ3n) is 1.97. The van der Waals surface area contributed by atoms with Gasteiger partial charge in [0.25, 0.3) is 0 Å². The second-order valence-corrected chi connectivity index (χ2v) is 7.50. The molecule has 1 aromatic carbocycles. The first kappa shape index (κ1) is 17.8. The first-order valence-electron chi connectivity index (χ1n) is 6.06. The maximum absolute atomic E-state index is 12.4. The lowest BCUT2D eigenvalue weighted by Crippen LogP contribution is -2.04. The van der Waals surface area contributed by atoms with Gasteiger partial charge in [-0.15, -0.1) is 21.1 Å². The molecular weight excluding hydrogens is 319 g/mol. The van der Waals surface area contributed by atoms with Crippen LogP contribution in [0.1, 0.15) is 19.4 Å². The van der Waals surface area contributed by atoms with Crippen LogP contribution in [0.2, 0.25) is 0 Å². The Morgan fingerprint density at radius 3 is 2.20 bits per heavy atom. The molecule has 0 aromatic heterocycles. The quantitative estimate of drug-likeness (QED) is 0.288. The van der Waals surface area contributed by atoms with E-state index in [1.165, 1.54) is 11.8 Å². The molecule has 20 heavy (non-hydrogen) atoms. The highest BCUT2D eigenvalue weighted by atomic mass is 32.2. The van der Waals surface area contributed by atoms with Crippen LogP contribution < -0.4 is 0 Å². The molecule has 0 aliphatic rings. The minimum atomic E-state index is -3.73. The number of hydrogen-bond donors (Lipinski definition) is 0. The SMILES string of the molecule is CCOOP(=O)(OOCC)C(=S)SCc1ccccc1. The van der Waals surface area contributed by atoms with Crippen LogP contribution in [-0.4, -0.2) is 17.2 Å². The molecule has 0 amide bonds. The maximum atomic E-state index is 12.4. The number of thiocarbonyl (C=S) groups is 1. The van der Waals surface area contributed by atoms with E-state index in [1.807, 2.05) is 30.3 Å². The molecular formula is C12H17O5PS2. The molecule has 0 unspecified atom stereocenters. The van der Waals surface area contributed by atoms with Crippen LogP contribution in [0.5, 0.6) is 0 Å². The normalized spacial score (nSPS) is 11.5. The number of rotatable bonds is 9. The molecule has 8 heteroatoms. The topological polar surface area (TPSA) is 54.0 Å². The smallest absolute Gasteiger partial charge is 0.248 e. The Morgan fingerprint density at radius 2 is 1.70 bits per heavy atom. The van der Waals surface area contributed by atoms with Crippen LogP contribution in [0, 0.1) is 0 Å². The summed E-state index contributed by atoms with van der Waals surface area (Å²) in [5.41, 5.74) is 1.05. The van der Waals surface area contributed by atoms with Crippen LogP contribution in [0.3, 0.4) is 0 Å². The fourth-order valence-electron chi connectivity index (χ4n) is 1.12. The van der Waals surface area contributed by atoms with Gasteiger partial charge in [-0.25, -0.2) is 14.3 Å². The van der Waals surface area contributed by atoms with Gasteiger partial charge in [-0.1, -0.05) is 42.5 Å². The molecule has 0 atom stereocenters. The van der Waals surface area contributed by atoms with Crippen molar-refractivity contribution in [3.8, 4) is 0 Å². The van der Waals surface area contributed by atoms with Gasteiger partial charge < -0.3 is 0 Å². The Labute approximate surface area is 128 Å². The molecule has 1 rings (SSSR count). The second-order valence-electron chi connectivity index (χ2n) is 3.50. The fraction of sp³-hybridized carbons (Fsp3) is 0.417. The largest absolute Gasteiger partial charge is 0.431 e. The lowest BCUT2D eigenvalue weighted by atomic mass is 10.2. The van der Waals surface area contributed by atoms with Crippen LogP contribution >= 0.6 is 31.6 Å². The molecule has 112 valence electrons. The summed E-state index contributed by atoms with van der Waals surface area (Å²) >= 11 is 6.30. The summed E-state index contributed by atoms with van der Waals surface area (Å²) in [6.07, 6.45) is 0. The molecule has 0 heterocycles. The first-order valence-corrected chi connectivity index (χ1v) is 8.99. The lowest BCUT2D eigenvalue weighted by Gasteiger charge is -2.15. The van der Waals surface area contributed by atoms with Crippen molar-refractivity contribution < 1.29 is 23.7 Å². The summed E-state index contributed by atoms with van der Waals surface area (Å²) in [7, 11) is -3.73. The van der Waals surface area contributed by atoms with Gasteiger partial charge >= 0.3 is 7.60 Å². The summed E-state index contributed by atoms with van der Waals surface area (Å²) in [4.78, 5) is 9.40. The van der Waals surface area contributed by atoms with E-state index >= 15 is 0 Å². The Balaban J connectivity index is 2.60. The van der Waals surface area contributed by atoms with Crippen molar-refractivity contribution in [1.29, 1.82) is 0 Å². The summed E-state index contributed by atoms with van der Waals surface area (Å²) < 4.78 is 22.0. The van der Waals surface area contributed by atoms with Crippen molar-refractivity contribution in [3.05, 3.63) is 35.9 Å². The van der Waals surface area contributed by atoms with Gasteiger partial charge in [-0.05, 0) is 19.4 Å². The minimum Gasteiger partial charge on any atom is -0.248 e. The standard InChI is InChI=1S/C12H17O5PS2/c1-3-14-16-18(13,17-15-4-2)12(19)20-10-11-8-6-5-7-9-11/h5-9H,3-4,10H2,1-2H3. The third-order valence-corrected chi connectivity index (χ3v) is 5.82. The Hall–Kier alpha value is -0.270. The predicted molar refractivity (Wildman–Crippen MR) is 83.4 cm³/mol. The van der Waals surface area contributed by atoms with Gasteiger partial charge in [0.15, 0.2) is 3.94 Å². The van der Waals surface area contributed by atoms with E-state index in [4.69, 9.17) is 31.3 Å². The highest BCUT2D eigenvalue weighted by Gasteiger charge is 2.34. The summed E-state index contributed by atoms with van der Waals surface area (Å²) in [5, 5.41) is 0. The molecule has 0 fully saturated rings. The molecule has 0 radical (unpaired) electrons. The fourth-order valence-corrected chi connectivity index (χ4v) is 3.60. The van der Waals surface area contributed by atoms with Crippen LogP contribution in [0.15, 0.2) is 30.3 Å². The van der Waals surface area contributed by atoms with E-state index < -0.39 is 7.60 Å². The Kier molecular flexibility index (Phi) is 8.56. The highest BCUT2D eigenvalue weighted by Crippen LogP contribution is 2.54. The molecule has 0 bridgehead atoms. The molecule has 5 nitrogen and oxygen atoms in total. The van der Waals surface area contributed by atoms with Gasteiger partial charge in [-0.3, -0.25) is 0 Å². The lowest BCUT2D eigenvalue weighted by molar-refractivity contribution is -0.259. The zero-order chi connectivity index (χ0) is 14.8. The maximum Gasteiger partial charge on any atom is 0.431 e. The molecule has 0 spiro atoms. The average molecular weight is 336 g/mol. The van der Waals surface area contributed by atoms with Crippen molar-refractivity contribution in [2.45, 2.75) is 19.6 Å². The molecule has 0 saturated heterocycles. The molecule has 0 aliphatic heterocycles.